The van der Waals surface area contributed by atoms with Crippen molar-refractivity contribution in [3.8, 4) is 0 Å². The van der Waals surface area contributed by atoms with Crippen molar-refractivity contribution in [1.82, 2.24) is 0 Å². The van der Waals surface area contributed by atoms with Crippen LogP contribution in [0.4, 0.5) is 0 Å². The molecule has 0 rings (SSSR count). The summed E-state index contributed by atoms with van der Waals surface area (Å²) in [5, 5.41) is 0.752. The summed E-state index contributed by atoms with van der Waals surface area (Å²) in [6.07, 6.45) is 0.694. The Morgan fingerprint density at radius 2 is 1.73 bits per heavy atom. The number of alkyl halides is 1. The van der Waals surface area contributed by atoms with Crippen LogP contribution in [-0.4, -0.2) is 24.2 Å². The third-order valence-electron chi connectivity index (χ3n) is 1.48. The minimum Gasteiger partial charge on any atom is -0.228 e. The van der Waals surface area contributed by atoms with Crippen molar-refractivity contribution in [2.45, 2.75) is 31.9 Å². The summed E-state index contributed by atoms with van der Waals surface area (Å²) < 4.78 is 22.2. The van der Waals surface area contributed by atoms with Crippen LogP contribution in [0.3, 0.4) is 0 Å². The van der Waals surface area contributed by atoms with Crippen LogP contribution in [0.1, 0.15) is 27.2 Å². The topological polar surface area (TPSA) is 34.1 Å². The van der Waals surface area contributed by atoms with Crippen molar-refractivity contribution in [2.24, 2.45) is 0 Å². The molecule has 68 valence electrons. The lowest BCUT2D eigenvalue weighted by Crippen LogP contribution is -2.30. The van der Waals surface area contributed by atoms with Crippen LogP contribution in [0.5, 0.6) is 0 Å². The SMILES string of the molecule is CC(C)(C)S(=O)(=O)CCCBr. The van der Waals surface area contributed by atoms with Crippen LogP contribution < -0.4 is 0 Å². The van der Waals surface area contributed by atoms with Gasteiger partial charge in [-0.1, -0.05) is 15.9 Å². The quantitative estimate of drug-likeness (QED) is 0.710. The summed E-state index contributed by atoms with van der Waals surface area (Å²) in [4.78, 5) is 0. The Balaban J connectivity index is 4.26. The minimum atomic E-state index is -2.89. The summed E-state index contributed by atoms with van der Waals surface area (Å²) in [6.45, 7) is 5.20. The van der Waals surface area contributed by atoms with Crippen molar-refractivity contribution in [2.75, 3.05) is 11.1 Å². The molecule has 0 amide bonds. The van der Waals surface area contributed by atoms with Gasteiger partial charge in [-0.15, -0.1) is 0 Å². The molecule has 0 heterocycles. The second-order valence-corrected chi connectivity index (χ2v) is 7.13. The normalized spacial score (nSPS) is 13.5. The van der Waals surface area contributed by atoms with Crippen molar-refractivity contribution < 1.29 is 8.42 Å². The largest absolute Gasteiger partial charge is 0.228 e. The van der Waals surface area contributed by atoms with E-state index in [-0.39, 0.29) is 5.75 Å². The Morgan fingerprint density at radius 1 is 1.27 bits per heavy atom. The summed E-state index contributed by atoms with van der Waals surface area (Å²) in [5.74, 6) is 0.280. The lowest BCUT2D eigenvalue weighted by Gasteiger charge is -2.18. The predicted molar refractivity (Wildman–Crippen MR) is 52.0 cm³/mol. The number of sulfone groups is 1. The van der Waals surface area contributed by atoms with Gasteiger partial charge in [0.1, 0.15) is 0 Å². The first-order valence-electron chi connectivity index (χ1n) is 3.59. The molecule has 0 spiro atoms. The molecule has 0 saturated heterocycles. The maximum Gasteiger partial charge on any atom is 0.155 e. The molecule has 0 aromatic heterocycles. The van der Waals surface area contributed by atoms with E-state index in [2.05, 4.69) is 15.9 Å². The van der Waals surface area contributed by atoms with Gasteiger partial charge in [-0.25, -0.2) is 8.42 Å². The Bertz CT molecular complexity index is 201. The molecule has 0 aromatic carbocycles. The summed E-state index contributed by atoms with van der Waals surface area (Å²) in [5.41, 5.74) is 0. The molecule has 0 N–H and O–H groups in total. The highest BCUT2D eigenvalue weighted by molar-refractivity contribution is 9.09. The van der Waals surface area contributed by atoms with Gasteiger partial charge in [0, 0.05) is 5.33 Å². The average Bonchev–Trinajstić information content (AvgIpc) is 1.81. The van der Waals surface area contributed by atoms with E-state index in [4.69, 9.17) is 0 Å². The zero-order valence-corrected chi connectivity index (χ0v) is 9.63. The van der Waals surface area contributed by atoms with E-state index >= 15 is 0 Å². The first kappa shape index (κ1) is 11.4. The van der Waals surface area contributed by atoms with Gasteiger partial charge >= 0.3 is 0 Å². The molecule has 4 heteroatoms. The lowest BCUT2D eigenvalue weighted by molar-refractivity contribution is 0.559. The predicted octanol–water partition coefficient (Wildman–Crippen LogP) is 1.98. The third-order valence-corrected chi connectivity index (χ3v) is 4.73. The average molecular weight is 243 g/mol. The fourth-order valence-corrected chi connectivity index (χ4v) is 2.34. The highest BCUT2D eigenvalue weighted by Gasteiger charge is 2.27. The van der Waals surface area contributed by atoms with Crippen LogP contribution in [0.25, 0.3) is 0 Å². The van der Waals surface area contributed by atoms with E-state index < -0.39 is 14.6 Å². The van der Waals surface area contributed by atoms with Crippen molar-refractivity contribution in [3.63, 3.8) is 0 Å². The molecule has 0 saturated carbocycles. The van der Waals surface area contributed by atoms with Gasteiger partial charge < -0.3 is 0 Å². The van der Waals surface area contributed by atoms with E-state index in [0.29, 0.717) is 6.42 Å². The van der Waals surface area contributed by atoms with Crippen molar-refractivity contribution >= 4 is 25.8 Å². The summed E-state index contributed by atoms with van der Waals surface area (Å²) in [7, 11) is -2.89. The monoisotopic (exact) mass is 242 g/mol. The Kier molecular flexibility index (Phi) is 4.05. The molecule has 0 fully saturated rings. The molecule has 0 atom stereocenters. The third kappa shape index (κ3) is 3.56. The van der Waals surface area contributed by atoms with E-state index in [9.17, 15) is 8.42 Å². The maximum absolute atomic E-state index is 11.4. The zero-order chi connectivity index (χ0) is 9.12. The van der Waals surface area contributed by atoms with E-state index in [1.165, 1.54) is 0 Å². The number of rotatable bonds is 3. The lowest BCUT2D eigenvalue weighted by atomic mass is 10.3. The second-order valence-electron chi connectivity index (χ2n) is 3.47. The number of halogens is 1. The Labute approximate surface area is 77.4 Å². The summed E-state index contributed by atoms with van der Waals surface area (Å²) >= 11 is 3.20. The van der Waals surface area contributed by atoms with Gasteiger partial charge in [0.15, 0.2) is 9.84 Å². The fraction of sp³-hybridized carbons (Fsp3) is 1.00. The molecule has 11 heavy (non-hydrogen) atoms. The molecule has 0 bridgehead atoms. The minimum absolute atomic E-state index is 0.280. The second kappa shape index (κ2) is 3.90. The smallest absolute Gasteiger partial charge is 0.155 e. The van der Waals surface area contributed by atoms with Crippen LogP contribution in [-0.2, 0) is 9.84 Å². The van der Waals surface area contributed by atoms with Crippen LogP contribution in [0.2, 0.25) is 0 Å². The van der Waals surface area contributed by atoms with E-state index in [1.54, 1.807) is 20.8 Å². The van der Waals surface area contributed by atoms with Crippen LogP contribution in [0, 0.1) is 0 Å². The molecule has 0 aliphatic heterocycles. The molecular weight excluding hydrogens is 228 g/mol. The number of hydrogen-bond acceptors (Lipinski definition) is 2. The van der Waals surface area contributed by atoms with E-state index in [0.717, 1.165) is 5.33 Å². The van der Waals surface area contributed by atoms with Gasteiger partial charge in [-0.3, -0.25) is 0 Å². The fourth-order valence-electron chi connectivity index (χ4n) is 0.551. The Hall–Kier alpha value is 0.430. The highest BCUT2D eigenvalue weighted by Crippen LogP contribution is 2.16. The maximum atomic E-state index is 11.4. The number of hydrogen-bond donors (Lipinski definition) is 0. The van der Waals surface area contributed by atoms with Crippen LogP contribution >= 0.6 is 15.9 Å². The first-order valence-corrected chi connectivity index (χ1v) is 6.37. The van der Waals surface area contributed by atoms with Gasteiger partial charge in [0.25, 0.3) is 0 Å². The molecule has 0 aromatic rings. The van der Waals surface area contributed by atoms with Crippen molar-refractivity contribution in [1.29, 1.82) is 0 Å². The van der Waals surface area contributed by atoms with Crippen LogP contribution in [0.15, 0.2) is 0 Å². The molecule has 0 unspecified atom stereocenters. The first-order chi connectivity index (χ1) is 4.81. The molecule has 0 aliphatic carbocycles. The summed E-state index contributed by atoms with van der Waals surface area (Å²) in [6, 6.07) is 0. The standard InChI is InChI=1S/C7H15BrO2S/c1-7(2,3)11(9,10)6-4-5-8/h4-6H2,1-3H3. The molecule has 0 radical (unpaired) electrons. The van der Waals surface area contributed by atoms with Gasteiger partial charge in [-0.2, -0.15) is 0 Å². The zero-order valence-electron chi connectivity index (χ0n) is 7.22. The Morgan fingerprint density at radius 3 is 2.00 bits per heavy atom. The molecular formula is C7H15BrO2S. The highest BCUT2D eigenvalue weighted by atomic mass is 79.9. The van der Waals surface area contributed by atoms with Crippen molar-refractivity contribution in [3.05, 3.63) is 0 Å². The van der Waals surface area contributed by atoms with E-state index in [1.807, 2.05) is 0 Å². The molecule has 2 nitrogen and oxygen atoms in total. The van der Waals surface area contributed by atoms with Gasteiger partial charge in [0.05, 0.1) is 10.5 Å². The van der Waals surface area contributed by atoms with Gasteiger partial charge in [-0.05, 0) is 27.2 Å². The molecule has 0 aliphatic rings. The van der Waals surface area contributed by atoms with Gasteiger partial charge in [0.2, 0.25) is 0 Å².